The number of nitrogens with zero attached hydrogens (tertiary/aromatic N) is 2. The first-order valence-electron chi connectivity index (χ1n) is 8.02. The maximum atomic E-state index is 12.5. The zero-order chi connectivity index (χ0) is 17.0. The Morgan fingerprint density at radius 3 is 2.48 bits per heavy atom. The Bertz CT molecular complexity index is 528. The summed E-state index contributed by atoms with van der Waals surface area (Å²) in [5.74, 6) is 0.0914. The lowest BCUT2D eigenvalue weighted by molar-refractivity contribution is -0.123. The third-order valence-electron chi connectivity index (χ3n) is 4.00. The van der Waals surface area contributed by atoms with Gasteiger partial charge in [-0.3, -0.25) is 9.89 Å². The number of carbonyl (C=O) groups excluding carboxylic acids is 2. The molecule has 1 saturated carbocycles. The maximum absolute atomic E-state index is 12.5. The quantitative estimate of drug-likeness (QED) is 0.895. The van der Waals surface area contributed by atoms with Gasteiger partial charge in [0, 0.05) is 25.2 Å². The van der Waals surface area contributed by atoms with E-state index >= 15 is 0 Å². The highest BCUT2D eigenvalue weighted by molar-refractivity contribution is 5.94. The molecule has 0 aromatic carbocycles. The summed E-state index contributed by atoms with van der Waals surface area (Å²) in [4.78, 5) is 25.9. The Kier molecular flexibility index (Phi) is 5.28. The van der Waals surface area contributed by atoms with Crippen LogP contribution in [0.1, 0.15) is 46.5 Å². The molecule has 0 saturated heterocycles. The fourth-order valence-corrected chi connectivity index (χ4v) is 2.79. The van der Waals surface area contributed by atoms with Crippen LogP contribution in [0.2, 0.25) is 0 Å². The van der Waals surface area contributed by atoms with Gasteiger partial charge in [-0.1, -0.05) is 0 Å². The van der Waals surface area contributed by atoms with Crippen molar-refractivity contribution in [2.75, 3.05) is 11.9 Å². The number of aromatic nitrogens is 2. The van der Waals surface area contributed by atoms with Gasteiger partial charge in [0.2, 0.25) is 5.91 Å². The van der Waals surface area contributed by atoms with Crippen LogP contribution in [0.4, 0.5) is 10.5 Å². The first-order chi connectivity index (χ1) is 10.8. The average molecular weight is 322 g/mol. The van der Waals surface area contributed by atoms with Crippen molar-refractivity contribution in [2.24, 2.45) is 5.92 Å². The van der Waals surface area contributed by atoms with Crippen molar-refractivity contribution in [3.05, 3.63) is 12.4 Å². The van der Waals surface area contributed by atoms with E-state index in [1.54, 1.807) is 24.3 Å². The first-order valence-corrected chi connectivity index (χ1v) is 8.02. The van der Waals surface area contributed by atoms with E-state index in [4.69, 9.17) is 4.74 Å². The smallest absolute Gasteiger partial charge is 0.407 e. The molecule has 0 atom stereocenters. The highest BCUT2D eigenvalue weighted by Gasteiger charge is 2.30. The lowest BCUT2D eigenvalue weighted by Crippen LogP contribution is -2.43. The molecule has 1 aromatic rings. The lowest BCUT2D eigenvalue weighted by atomic mass is 9.85. The number of hydrogen-bond acceptors (Lipinski definition) is 4. The molecule has 128 valence electrons. The van der Waals surface area contributed by atoms with Crippen LogP contribution in [0, 0.1) is 5.92 Å². The summed E-state index contributed by atoms with van der Waals surface area (Å²) in [6.45, 7) is 5.52. The van der Waals surface area contributed by atoms with Gasteiger partial charge in [0.25, 0.3) is 0 Å². The van der Waals surface area contributed by atoms with Crippen LogP contribution in [0.3, 0.4) is 0 Å². The normalized spacial score (nSPS) is 21.6. The number of hydrogen-bond donors (Lipinski definition) is 2. The molecule has 0 aliphatic heterocycles. The summed E-state index contributed by atoms with van der Waals surface area (Å²) in [7, 11) is 1.76. The second-order valence-electron chi connectivity index (χ2n) is 7.05. The van der Waals surface area contributed by atoms with E-state index in [9.17, 15) is 9.59 Å². The van der Waals surface area contributed by atoms with Crippen LogP contribution in [-0.4, -0.2) is 40.9 Å². The second-order valence-corrected chi connectivity index (χ2v) is 7.05. The summed E-state index contributed by atoms with van der Waals surface area (Å²) in [6, 6.07) is 0.0770. The lowest BCUT2D eigenvalue weighted by Gasteiger charge is -2.31. The monoisotopic (exact) mass is 322 g/mol. The molecule has 0 radical (unpaired) electrons. The van der Waals surface area contributed by atoms with E-state index in [2.05, 4.69) is 15.5 Å². The van der Waals surface area contributed by atoms with E-state index < -0.39 is 5.60 Å². The summed E-state index contributed by atoms with van der Waals surface area (Å²) in [5.41, 5.74) is 0.272. The standard InChI is InChI=1S/C16H26N4O3/c1-16(2,3)23-15(22)19-12-7-5-11(6-8-12)14(21)20(4)13-9-17-18-10-13/h9-12H,5-8H2,1-4H3,(H,17,18)(H,19,22). The SMILES string of the molecule is CN(C(=O)C1CCC(NC(=O)OC(C)(C)C)CC1)c1cn[nH]c1. The molecule has 1 aliphatic carbocycles. The topological polar surface area (TPSA) is 87.3 Å². The van der Waals surface area contributed by atoms with Gasteiger partial charge in [-0.05, 0) is 46.5 Å². The fourth-order valence-electron chi connectivity index (χ4n) is 2.79. The minimum absolute atomic E-state index is 0.00779. The van der Waals surface area contributed by atoms with Crippen molar-refractivity contribution >= 4 is 17.7 Å². The predicted molar refractivity (Wildman–Crippen MR) is 87.1 cm³/mol. The molecule has 2 rings (SSSR count). The molecular weight excluding hydrogens is 296 g/mol. The molecule has 0 spiro atoms. The number of amides is 2. The van der Waals surface area contributed by atoms with Gasteiger partial charge in [0.1, 0.15) is 5.60 Å². The summed E-state index contributed by atoms with van der Waals surface area (Å²) >= 11 is 0. The zero-order valence-electron chi connectivity index (χ0n) is 14.3. The minimum atomic E-state index is -0.495. The van der Waals surface area contributed by atoms with Gasteiger partial charge in [-0.15, -0.1) is 0 Å². The Hall–Kier alpha value is -2.05. The Morgan fingerprint density at radius 1 is 1.30 bits per heavy atom. The number of aromatic amines is 1. The van der Waals surface area contributed by atoms with E-state index in [1.165, 1.54) is 0 Å². The Labute approximate surface area is 136 Å². The predicted octanol–water partition coefficient (Wildman–Crippen LogP) is 2.46. The first kappa shape index (κ1) is 17.3. The van der Waals surface area contributed by atoms with Crippen molar-refractivity contribution in [3.63, 3.8) is 0 Å². The fraction of sp³-hybridized carbons (Fsp3) is 0.688. The number of H-pyrrole nitrogens is 1. The molecule has 1 aliphatic rings. The van der Waals surface area contributed by atoms with Gasteiger partial charge in [-0.2, -0.15) is 5.10 Å². The van der Waals surface area contributed by atoms with Crippen LogP contribution in [-0.2, 0) is 9.53 Å². The third-order valence-corrected chi connectivity index (χ3v) is 4.00. The van der Waals surface area contributed by atoms with Crippen molar-refractivity contribution in [2.45, 2.75) is 58.1 Å². The molecule has 7 heteroatoms. The molecular formula is C16H26N4O3. The average Bonchev–Trinajstić information content (AvgIpc) is 2.98. The van der Waals surface area contributed by atoms with E-state index in [1.807, 2.05) is 20.8 Å². The number of carbonyl (C=O) groups is 2. The molecule has 0 bridgehead atoms. The highest BCUT2D eigenvalue weighted by atomic mass is 16.6. The van der Waals surface area contributed by atoms with E-state index in [0.29, 0.717) is 0 Å². The number of ether oxygens (including phenoxy) is 1. The van der Waals surface area contributed by atoms with Crippen molar-refractivity contribution in [3.8, 4) is 0 Å². The highest BCUT2D eigenvalue weighted by Crippen LogP contribution is 2.27. The zero-order valence-corrected chi connectivity index (χ0v) is 14.3. The second kappa shape index (κ2) is 7.02. The summed E-state index contributed by atoms with van der Waals surface area (Å²) in [6.07, 6.45) is 6.05. The summed E-state index contributed by atoms with van der Waals surface area (Å²) in [5, 5.41) is 9.47. The molecule has 23 heavy (non-hydrogen) atoms. The Morgan fingerprint density at radius 2 is 1.96 bits per heavy atom. The van der Waals surface area contributed by atoms with Gasteiger partial charge in [-0.25, -0.2) is 4.79 Å². The molecule has 1 heterocycles. The van der Waals surface area contributed by atoms with Gasteiger partial charge >= 0.3 is 6.09 Å². The van der Waals surface area contributed by atoms with Crippen molar-refractivity contribution in [1.29, 1.82) is 0 Å². The van der Waals surface area contributed by atoms with Crippen LogP contribution in [0.25, 0.3) is 0 Å². The molecule has 1 aromatic heterocycles. The largest absolute Gasteiger partial charge is 0.444 e. The number of nitrogens with one attached hydrogen (secondary N) is 2. The number of anilines is 1. The number of rotatable bonds is 3. The Balaban J connectivity index is 1.79. The number of alkyl carbamates (subject to hydrolysis) is 1. The molecule has 0 unspecified atom stereocenters. The summed E-state index contributed by atoms with van der Waals surface area (Å²) < 4.78 is 5.27. The van der Waals surface area contributed by atoms with E-state index in [-0.39, 0.29) is 24.0 Å². The van der Waals surface area contributed by atoms with Crippen LogP contribution < -0.4 is 10.2 Å². The van der Waals surface area contributed by atoms with Crippen LogP contribution in [0.15, 0.2) is 12.4 Å². The maximum Gasteiger partial charge on any atom is 0.407 e. The molecule has 2 N–H and O–H groups in total. The van der Waals surface area contributed by atoms with Crippen molar-refractivity contribution < 1.29 is 14.3 Å². The van der Waals surface area contributed by atoms with Crippen LogP contribution >= 0.6 is 0 Å². The molecule has 2 amide bonds. The van der Waals surface area contributed by atoms with E-state index in [0.717, 1.165) is 31.4 Å². The van der Waals surface area contributed by atoms with Crippen molar-refractivity contribution in [1.82, 2.24) is 15.5 Å². The van der Waals surface area contributed by atoms with Gasteiger partial charge in [0.15, 0.2) is 0 Å². The molecule has 7 nitrogen and oxygen atoms in total. The third kappa shape index (κ3) is 4.97. The molecule has 1 fully saturated rings. The van der Waals surface area contributed by atoms with Gasteiger partial charge < -0.3 is 15.0 Å². The van der Waals surface area contributed by atoms with Crippen LogP contribution in [0.5, 0.6) is 0 Å². The van der Waals surface area contributed by atoms with Gasteiger partial charge in [0.05, 0.1) is 11.9 Å². The minimum Gasteiger partial charge on any atom is -0.444 e.